The summed E-state index contributed by atoms with van der Waals surface area (Å²) in [6.07, 6.45) is 22.8. The number of fused-ring (bicyclic) bond motifs is 1. The average molecular weight is 632 g/mol. The van der Waals surface area contributed by atoms with Gasteiger partial charge >= 0.3 is 5.97 Å². The van der Waals surface area contributed by atoms with Gasteiger partial charge in [-0.15, -0.1) is 0 Å². The van der Waals surface area contributed by atoms with Crippen LogP contribution in [-0.2, 0) is 14.3 Å². The van der Waals surface area contributed by atoms with Crippen LogP contribution in [0.2, 0.25) is 0 Å². The minimum absolute atomic E-state index is 0.255. The van der Waals surface area contributed by atoms with Crippen LogP contribution in [0.4, 0.5) is 0 Å². The van der Waals surface area contributed by atoms with Crippen LogP contribution in [-0.4, -0.2) is 45.2 Å². The Kier molecular flexibility index (Phi) is 10.0. The van der Waals surface area contributed by atoms with Crippen LogP contribution in [0.25, 0.3) is 12.2 Å². The molecule has 0 amide bonds. The Morgan fingerprint density at radius 3 is 2.22 bits per heavy atom. The third-order valence-electron chi connectivity index (χ3n) is 9.69. The molecule has 0 aromatic carbocycles. The molecule has 250 valence electrons. The summed E-state index contributed by atoms with van der Waals surface area (Å²) in [7, 11) is 0. The van der Waals surface area contributed by atoms with Crippen molar-refractivity contribution in [3.05, 3.63) is 88.8 Å². The molecule has 0 radical (unpaired) electrons. The van der Waals surface area contributed by atoms with Gasteiger partial charge in [-0.2, -0.15) is 0 Å². The van der Waals surface area contributed by atoms with Crippen molar-refractivity contribution in [2.24, 2.45) is 10.8 Å². The van der Waals surface area contributed by atoms with E-state index in [1.165, 1.54) is 6.92 Å². The Hall–Kier alpha value is -3.39. The number of furan rings is 1. The number of ether oxygens (including phenoxy) is 2. The van der Waals surface area contributed by atoms with Crippen molar-refractivity contribution in [1.82, 2.24) is 0 Å². The van der Waals surface area contributed by atoms with Gasteiger partial charge in [0.1, 0.15) is 17.3 Å². The average Bonchev–Trinajstić information content (AvgIpc) is 3.36. The topological polar surface area (TPSA) is 115 Å². The van der Waals surface area contributed by atoms with E-state index >= 15 is 0 Å². The van der Waals surface area contributed by atoms with Gasteiger partial charge in [0.25, 0.3) is 0 Å². The number of aliphatic hydroxyl groups excluding tert-OH is 1. The van der Waals surface area contributed by atoms with E-state index in [1.54, 1.807) is 19.1 Å². The van der Waals surface area contributed by atoms with Crippen molar-refractivity contribution in [2.75, 3.05) is 0 Å². The maximum Gasteiger partial charge on any atom is 0.302 e. The van der Waals surface area contributed by atoms with Crippen LogP contribution < -0.4 is 5.11 Å². The molecule has 46 heavy (non-hydrogen) atoms. The van der Waals surface area contributed by atoms with E-state index in [4.69, 9.17) is 13.9 Å². The summed E-state index contributed by atoms with van der Waals surface area (Å²) in [4.78, 5) is 11.4. The lowest BCUT2D eigenvalue weighted by Crippen LogP contribution is -2.46. The normalized spacial score (nSPS) is 33.8. The summed E-state index contributed by atoms with van der Waals surface area (Å²) in [6, 6.07) is 1.74. The molecule has 3 fully saturated rings. The van der Waals surface area contributed by atoms with Crippen molar-refractivity contribution >= 4 is 18.1 Å². The molecule has 7 nitrogen and oxygen atoms in total. The Morgan fingerprint density at radius 1 is 0.957 bits per heavy atom. The number of allylic oxidation sites excluding steroid dienone is 10. The number of hydrogen-bond acceptors (Lipinski definition) is 7. The lowest BCUT2D eigenvalue weighted by atomic mass is 9.63. The van der Waals surface area contributed by atoms with Gasteiger partial charge in [-0.3, -0.25) is 4.79 Å². The van der Waals surface area contributed by atoms with E-state index in [2.05, 4.69) is 27.7 Å². The molecule has 1 aromatic rings. The first-order chi connectivity index (χ1) is 21.3. The maximum absolute atomic E-state index is 12.5. The Bertz CT molecular complexity index is 1500. The quantitative estimate of drug-likeness (QED) is 0.165. The van der Waals surface area contributed by atoms with Gasteiger partial charge < -0.3 is 29.2 Å². The van der Waals surface area contributed by atoms with Crippen molar-refractivity contribution in [2.45, 2.75) is 117 Å². The number of epoxide rings is 1. The van der Waals surface area contributed by atoms with E-state index in [9.17, 15) is 20.1 Å². The fourth-order valence-electron chi connectivity index (χ4n) is 7.72. The van der Waals surface area contributed by atoms with Crippen molar-refractivity contribution < 1.29 is 34.0 Å². The predicted molar refractivity (Wildman–Crippen MR) is 181 cm³/mol. The zero-order chi connectivity index (χ0) is 34.1. The van der Waals surface area contributed by atoms with Gasteiger partial charge in [0.2, 0.25) is 0 Å². The van der Waals surface area contributed by atoms with Crippen molar-refractivity contribution in [1.29, 1.82) is 0 Å². The second-order valence-electron chi connectivity index (χ2n) is 15.0. The molecule has 0 unspecified atom stereocenters. The second kappa shape index (κ2) is 13.0. The van der Waals surface area contributed by atoms with Gasteiger partial charge in [-0.25, -0.2) is 0 Å². The summed E-state index contributed by atoms with van der Waals surface area (Å²) in [5.41, 5.74) is 0.797. The highest BCUT2D eigenvalue weighted by Gasteiger charge is 2.74. The summed E-state index contributed by atoms with van der Waals surface area (Å²) < 4.78 is 17.1. The molecule has 7 heteroatoms. The van der Waals surface area contributed by atoms with E-state index in [-0.39, 0.29) is 29.0 Å². The van der Waals surface area contributed by atoms with E-state index in [1.807, 2.05) is 81.5 Å². The van der Waals surface area contributed by atoms with E-state index in [0.717, 1.165) is 16.7 Å². The number of carbonyl (C=O) groups excluding carboxylic acids is 1. The predicted octanol–water partition coefficient (Wildman–Crippen LogP) is 7.52. The van der Waals surface area contributed by atoms with Gasteiger partial charge in [0, 0.05) is 30.9 Å². The first kappa shape index (κ1) is 35.5. The van der Waals surface area contributed by atoms with Crippen LogP contribution >= 0.6 is 0 Å². The number of aliphatic hydroxyl groups is 2. The molecule has 2 saturated carbocycles. The van der Waals surface area contributed by atoms with E-state index in [0.29, 0.717) is 37.0 Å². The lowest BCUT2D eigenvalue weighted by Gasteiger charge is -2.46. The van der Waals surface area contributed by atoms with Crippen molar-refractivity contribution in [3.63, 3.8) is 0 Å². The molecular weight excluding hydrogens is 580 g/mol. The van der Waals surface area contributed by atoms with Crippen LogP contribution in [0, 0.1) is 10.8 Å². The van der Waals surface area contributed by atoms with Crippen LogP contribution in [0.3, 0.4) is 0 Å². The molecule has 2 N–H and O–H groups in total. The second-order valence-corrected chi connectivity index (χ2v) is 15.0. The Balaban J connectivity index is 1.33. The van der Waals surface area contributed by atoms with Crippen LogP contribution in [0.5, 0.6) is 5.95 Å². The number of carbonyl (C=O) groups is 1. The first-order valence-electron chi connectivity index (χ1n) is 16.2. The maximum atomic E-state index is 12.5. The van der Waals surface area contributed by atoms with E-state index < -0.39 is 22.7 Å². The zero-order valence-corrected chi connectivity index (χ0v) is 28.8. The minimum Gasteiger partial charge on any atom is -0.579 e. The Labute approximate surface area is 274 Å². The number of hydrogen-bond donors (Lipinski definition) is 2. The monoisotopic (exact) mass is 631 g/mol. The van der Waals surface area contributed by atoms with Crippen molar-refractivity contribution in [3.8, 4) is 5.95 Å². The fraction of sp³-hybridized carbons (Fsp3) is 0.513. The highest BCUT2D eigenvalue weighted by Crippen LogP contribution is 2.66. The molecule has 5 atom stereocenters. The molecule has 1 aromatic heterocycles. The smallest absolute Gasteiger partial charge is 0.302 e. The lowest BCUT2D eigenvalue weighted by molar-refractivity contribution is -0.294. The first-order valence-corrected chi connectivity index (χ1v) is 16.2. The summed E-state index contributed by atoms with van der Waals surface area (Å²) >= 11 is 0. The van der Waals surface area contributed by atoms with Gasteiger partial charge in [-0.05, 0) is 80.9 Å². The van der Waals surface area contributed by atoms with Crippen LogP contribution in [0.15, 0.2) is 81.9 Å². The third kappa shape index (κ3) is 7.76. The zero-order valence-electron chi connectivity index (χ0n) is 28.8. The molecule has 2 heterocycles. The number of rotatable bonds is 9. The summed E-state index contributed by atoms with van der Waals surface area (Å²) in [6.45, 7) is 17.5. The summed E-state index contributed by atoms with van der Waals surface area (Å²) in [5.74, 6) is -0.226. The molecule has 1 aliphatic heterocycles. The molecule has 4 rings (SSSR count). The standard InChI is InChI=1S/C39H52O7/c1-26(16-17-33-35(4,5)24-32(44-28(3)40)25-37(33,8)43)14-12-10-11-13-15-27(2)20-31-21-29(34(42)45-31)18-19-39-36(6,7)22-30(41)23-38(39,9)46-39/h10-21,30,32,41-43H,22-25H2,1-9H3/p-1/b11-10+,14-12+,15-13+,19-18+,26-16+,27-20+,33-17?/t30-,32-,37+,38+,39-/m0/s1. The minimum atomic E-state index is -1.06. The highest BCUT2D eigenvalue weighted by molar-refractivity contribution is 5.66. The molecule has 1 saturated heterocycles. The SMILES string of the molecule is CC(=O)O[C@H]1CC(C)(C)C(=C/C=C(C)/C=C/C=C/C=C/C(C)=C/c2cc(/C=C/[C@@]34O[C@]3(C)C[C@@H](O)CC4(C)C)c([O-])o2)[C@](C)(O)C1. The molecule has 3 aliphatic rings. The Morgan fingerprint density at radius 2 is 1.61 bits per heavy atom. The van der Waals surface area contributed by atoms with Gasteiger partial charge in [0.15, 0.2) is 0 Å². The molecule has 2 aliphatic carbocycles. The molecule has 0 bridgehead atoms. The van der Waals surface area contributed by atoms with Gasteiger partial charge in [0.05, 0.1) is 17.7 Å². The highest BCUT2D eigenvalue weighted by atomic mass is 16.6. The third-order valence-corrected chi connectivity index (χ3v) is 9.69. The molecular formula is C39H51O7-. The van der Waals surface area contributed by atoms with Crippen LogP contribution in [0.1, 0.15) is 99.3 Å². The fourth-order valence-corrected chi connectivity index (χ4v) is 7.72. The largest absolute Gasteiger partial charge is 0.579 e. The molecule has 0 spiro atoms. The number of esters is 1. The van der Waals surface area contributed by atoms with Gasteiger partial charge in [-0.1, -0.05) is 88.0 Å². The summed E-state index contributed by atoms with van der Waals surface area (Å²) in [5, 5.41) is 33.9.